The maximum Gasteiger partial charge on any atom is 0.227 e. The summed E-state index contributed by atoms with van der Waals surface area (Å²) in [5.74, 6) is 4.34. The Morgan fingerprint density at radius 1 is 1.17 bits per heavy atom. The molecule has 0 spiro atoms. The summed E-state index contributed by atoms with van der Waals surface area (Å²) < 4.78 is 27.1. The van der Waals surface area contributed by atoms with Gasteiger partial charge in [0.2, 0.25) is 5.91 Å². The fraction of sp³-hybridized carbons (Fsp3) is 0.318. The van der Waals surface area contributed by atoms with Crippen molar-refractivity contribution in [1.29, 1.82) is 0 Å². The Morgan fingerprint density at radius 2 is 1.90 bits per heavy atom. The van der Waals surface area contributed by atoms with Crippen molar-refractivity contribution in [3.8, 4) is 11.8 Å². The first kappa shape index (κ1) is 21.6. The predicted octanol–water partition coefficient (Wildman–Crippen LogP) is 4.99. The van der Waals surface area contributed by atoms with Crippen molar-refractivity contribution in [2.24, 2.45) is 5.92 Å². The molecule has 29 heavy (non-hydrogen) atoms. The van der Waals surface area contributed by atoms with Crippen molar-refractivity contribution in [2.45, 2.75) is 25.7 Å². The van der Waals surface area contributed by atoms with Crippen molar-refractivity contribution in [2.75, 3.05) is 18.1 Å². The number of nitrogens with zero attached hydrogens (tertiary/aromatic N) is 1. The van der Waals surface area contributed by atoms with Gasteiger partial charge in [-0.15, -0.1) is 0 Å². The lowest BCUT2D eigenvalue weighted by molar-refractivity contribution is -0.120. The first-order chi connectivity index (χ1) is 13.9. The number of amides is 1. The highest BCUT2D eigenvalue weighted by Gasteiger charge is 2.30. The van der Waals surface area contributed by atoms with Gasteiger partial charge in [0.1, 0.15) is 11.6 Å². The van der Waals surface area contributed by atoms with Crippen LogP contribution in [0.4, 0.5) is 14.5 Å². The number of benzene rings is 2. The summed E-state index contributed by atoms with van der Waals surface area (Å²) in [4.78, 5) is 14.1. The number of carbonyl (C=O) groups excluding carboxylic acids is 1. The van der Waals surface area contributed by atoms with Crippen molar-refractivity contribution < 1.29 is 18.7 Å². The lowest BCUT2D eigenvalue weighted by Gasteiger charge is -2.34. The second-order valence-corrected chi connectivity index (χ2v) is 7.73. The fourth-order valence-corrected chi connectivity index (χ4v) is 4.10. The van der Waals surface area contributed by atoms with E-state index in [4.69, 9.17) is 28.3 Å². The van der Waals surface area contributed by atoms with Crippen LogP contribution in [0.1, 0.15) is 30.4 Å². The largest absolute Gasteiger partial charge is 0.395 e. The van der Waals surface area contributed by atoms with Gasteiger partial charge in [0.25, 0.3) is 0 Å². The molecule has 7 heteroatoms. The minimum Gasteiger partial charge on any atom is -0.395 e. The summed E-state index contributed by atoms with van der Waals surface area (Å²) in [7, 11) is 0. The summed E-state index contributed by atoms with van der Waals surface area (Å²) in [6, 6.07) is 6.79. The van der Waals surface area contributed by atoms with Crippen LogP contribution in [0.15, 0.2) is 30.3 Å². The minimum atomic E-state index is -0.618. The van der Waals surface area contributed by atoms with E-state index >= 15 is 0 Å². The quantitative estimate of drug-likeness (QED) is 0.684. The fourth-order valence-electron chi connectivity index (χ4n) is 3.41. The standard InChI is InChI=1S/C22H19Cl2F2NO2/c23-18-10-14(3-1-2-8-28)11-19(24)22(18)27-13-15(4-7-21(27)29)9-16-5-6-17(25)12-20(16)26/h5-6,10-12,15,28H,2,4,7-9,13H2. The average molecular weight is 438 g/mol. The van der Waals surface area contributed by atoms with Crippen LogP contribution in [-0.2, 0) is 11.2 Å². The van der Waals surface area contributed by atoms with E-state index in [0.29, 0.717) is 52.7 Å². The van der Waals surface area contributed by atoms with Crippen LogP contribution in [0.5, 0.6) is 0 Å². The highest BCUT2D eigenvalue weighted by atomic mass is 35.5. The van der Waals surface area contributed by atoms with Gasteiger partial charge in [0, 0.05) is 31.0 Å². The molecule has 1 aliphatic heterocycles. The third-order valence-corrected chi connectivity index (χ3v) is 5.36. The smallest absolute Gasteiger partial charge is 0.227 e. The van der Waals surface area contributed by atoms with Crippen LogP contribution in [0.2, 0.25) is 10.0 Å². The van der Waals surface area contributed by atoms with Crippen molar-refractivity contribution in [3.05, 3.63) is 63.1 Å². The van der Waals surface area contributed by atoms with Crippen molar-refractivity contribution >= 4 is 34.8 Å². The van der Waals surface area contributed by atoms with E-state index in [1.807, 2.05) is 0 Å². The highest BCUT2D eigenvalue weighted by Crippen LogP contribution is 2.38. The van der Waals surface area contributed by atoms with Crippen LogP contribution >= 0.6 is 23.2 Å². The van der Waals surface area contributed by atoms with E-state index in [1.165, 1.54) is 17.0 Å². The molecular weight excluding hydrogens is 419 g/mol. The monoisotopic (exact) mass is 437 g/mol. The van der Waals surface area contributed by atoms with Crippen LogP contribution in [0.3, 0.4) is 0 Å². The van der Waals surface area contributed by atoms with Crippen LogP contribution < -0.4 is 4.90 Å². The molecule has 0 radical (unpaired) electrons. The molecule has 1 unspecified atom stereocenters. The third-order valence-electron chi connectivity index (χ3n) is 4.79. The van der Waals surface area contributed by atoms with E-state index in [0.717, 1.165) is 6.07 Å². The first-order valence-corrected chi connectivity index (χ1v) is 9.97. The molecule has 1 aliphatic rings. The molecule has 2 aromatic carbocycles. The zero-order valence-corrected chi connectivity index (χ0v) is 17.0. The minimum absolute atomic E-state index is 0.0104. The molecule has 1 amide bonds. The Kier molecular flexibility index (Phi) is 7.13. The topological polar surface area (TPSA) is 40.5 Å². The average Bonchev–Trinajstić information content (AvgIpc) is 2.66. The summed E-state index contributed by atoms with van der Waals surface area (Å²) >= 11 is 12.8. The normalized spacial score (nSPS) is 16.5. The molecule has 3 rings (SSSR count). The Labute approximate surface area is 178 Å². The number of aliphatic hydroxyl groups is 1. The number of halogens is 4. The zero-order valence-electron chi connectivity index (χ0n) is 15.5. The molecule has 0 saturated carbocycles. The molecule has 1 fully saturated rings. The van der Waals surface area contributed by atoms with Gasteiger partial charge < -0.3 is 10.0 Å². The van der Waals surface area contributed by atoms with E-state index in [-0.39, 0.29) is 24.9 Å². The highest BCUT2D eigenvalue weighted by molar-refractivity contribution is 6.40. The second-order valence-electron chi connectivity index (χ2n) is 6.91. The van der Waals surface area contributed by atoms with E-state index < -0.39 is 11.6 Å². The molecule has 0 aromatic heterocycles. The van der Waals surface area contributed by atoms with Gasteiger partial charge in [-0.25, -0.2) is 8.78 Å². The SMILES string of the molecule is O=C1CCC(Cc2ccc(F)cc2F)CN1c1c(Cl)cc(C#CCCO)cc1Cl. The Bertz CT molecular complexity index is 962. The number of anilines is 1. The molecule has 1 N–H and O–H groups in total. The van der Waals surface area contributed by atoms with Crippen LogP contribution in [-0.4, -0.2) is 24.2 Å². The number of aliphatic hydroxyl groups excluding tert-OH is 1. The molecule has 1 atom stereocenters. The maximum absolute atomic E-state index is 14.0. The maximum atomic E-state index is 14.0. The zero-order chi connectivity index (χ0) is 21.0. The van der Waals surface area contributed by atoms with Gasteiger partial charge in [-0.05, 0) is 42.5 Å². The van der Waals surface area contributed by atoms with E-state index in [2.05, 4.69) is 11.8 Å². The predicted molar refractivity (Wildman–Crippen MR) is 110 cm³/mol. The van der Waals surface area contributed by atoms with Gasteiger partial charge in [-0.3, -0.25) is 4.79 Å². The van der Waals surface area contributed by atoms with Crippen molar-refractivity contribution in [3.63, 3.8) is 0 Å². The molecule has 152 valence electrons. The van der Waals surface area contributed by atoms with Gasteiger partial charge in [0.15, 0.2) is 0 Å². The van der Waals surface area contributed by atoms with Crippen molar-refractivity contribution in [1.82, 2.24) is 0 Å². The Morgan fingerprint density at radius 3 is 2.55 bits per heavy atom. The van der Waals surface area contributed by atoms with Gasteiger partial charge in [-0.1, -0.05) is 41.1 Å². The first-order valence-electron chi connectivity index (χ1n) is 9.22. The Hall–Kier alpha value is -2.13. The van der Waals surface area contributed by atoms with Crippen LogP contribution in [0, 0.1) is 29.4 Å². The van der Waals surface area contributed by atoms with E-state index in [9.17, 15) is 13.6 Å². The third kappa shape index (κ3) is 5.27. The number of hydrogen-bond donors (Lipinski definition) is 1. The lowest BCUT2D eigenvalue weighted by Crippen LogP contribution is -2.41. The molecule has 1 saturated heterocycles. The molecule has 0 aliphatic carbocycles. The number of hydrogen-bond acceptors (Lipinski definition) is 2. The van der Waals surface area contributed by atoms with Gasteiger partial charge >= 0.3 is 0 Å². The number of piperidine rings is 1. The molecule has 1 heterocycles. The molecule has 3 nitrogen and oxygen atoms in total. The van der Waals surface area contributed by atoms with Crippen LogP contribution in [0.25, 0.3) is 0 Å². The summed E-state index contributed by atoms with van der Waals surface area (Å²) in [5, 5.41) is 9.42. The summed E-state index contributed by atoms with van der Waals surface area (Å²) in [6.45, 7) is 0.301. The lowest BCUT2D eigenvalue weighted by atomic mass is 9.90. The summed E-state index contributed by atoms with van der Waals surface area (Å²) in [6.07, 6.45) is 1.61. The number of carbonyl (C=O) groups is 1. The van der Waals surface area contributed by atoms with Gasteiger partial charge in [-0.2, -0.15) is 0 Å². The number of rotatable bonds is 4. The molecule has 2 aromatic rings. The van der Waals surface area contributed by atoms with Gasteiger partial charge in [0.05, 0.1) is 22.3 Å². The van der Waals surface area contributed by atoms with E-state index in [1.54, 1.807) is 12.1 Å². The summed E-state index contributed by atoms with van der Waals surface area (Å²) in [5.41, 5.74) is 1.42. The molecule has 0 bridgehead atoms. The Balaban J connectivity index is 1.82. The molecular formula is C22H19Cl2F2NO2. The second kappa shape index (κ2) is 9.58.